The molecule has 4 aliphatic carbocycles. The van der Waals surface area contributed by atoms with Crippen LogP contribution in [0.15, 0.2) is 47.6 Å². The second-order valence-corrected chi connectivity index (χ2v) is 9.97. The van der Waals surface area contributed by atoms with Crippen molar-refractivity contribution >= 4 is 11.8 Å². The Balaban J connectivity index is 1.67. The molecule has 4 rings (SSSR count). The summed E-state index contributed by atoms with van der Waals surface area (Å²) in [4.78, 5) is 23.2. The number of carboxylic acids is 1. The van der Waals surface area contributed by atoms with E-state index in [1.165, 1.54) is 11.1 Å². The van der Waals surface area contributed by atoms with E-state index in [-0.39, 0.29) is 16.8 Å². The molecule has 0 saturated heterocycles. The third-order valence-corrected chi connectivity index (χ3v) is 8.61. The van der Waals surface area contributed by atoms with Crippen molar-refractivity contribution in [2.24, 2.45) is 29.1 Å². The molecule has 0 aromatic heterocycles. The molecule has 4 nitrogen and oxygen atoms in total. The molecule has 0 heterocycles. The number of carbonyl (C=O) groups excluding carboxylic acids is 1. The molecule has 4 aliphatic rings. The normalized spacial score (nSPS) is 41.9. The summed E-state index contributed by atoms with van der Waals surface area (Å²) < 4.78 is 0. The number of hydrogen-bond acceptors (Lipinski definition) is 3. The van der Waals surface area contributed by atoms with Gasteiger partial charge < -0.3 is 10.2 Å². The summed E-state index contributed by atoms with van der Waals surface area (Å²) in [5.41, 5.74) is 1.70. The van der Waals surface area contributed by atoms with Gasteiger partial charge in [0.1, 0.15) is 0 Å². The lowest BCUT2D eigenvalue weighted by molar-refractivity contribution is -0.132. The molecule has 2 N–H and O–H groups in total. The van der Waals surface area contributed by atoms with E-state index in [2.05, 4.69) is 20.1 Å². The molecule has 6 atom stereocenters. The first-order valence-corrected chi connectivity index (χ1v) is 10.8. The highest BCUT2D eigenvalue weighted by Crippen LogP contribution is 2.67. The number of rotatable bonds is 3. The van der Waals surface area contributed by atoms with E-state index in [9.17, 15) is 19.8 Å². The molecule has 3 saturated carbocycles. The van der Waals surface area contributed by atoms with Gasteiger partial charge in [-0.3, -0.25) is 4.79 Å². The maximum absolute atomic E-state index is 11.9. The maximum atomic E-state index is 11.9. The van der Waals surface area contributed by atoms with Gasteiger partial charge in [-0.1, -0.05) is 31.2 Å². The van der Waals surface area contributed by atoms with Gasteiger partial charge >= 0.3 is 5.97 Å². The van der Waals surface area contributed by atoms with Crippen molar-refractivity contribution in [3.63, 3.8) is 0 Å². The Hall–Kier alpha value is -1.94. The third kappa shape index (κ3) is 2.91. The summed E-state index contributed by atoms with van der Waals surface area (Å²) in [6, 6.07) is 0. The molecule has 0 aromatic carbocycles. The van der Waals surface area contributed by atoms with Crippen molar-refractivity contribution in [2.75, 3.05) is 0 Å². The zero-order valence-electron chi connectivity index (χ0n) is 17.5. The molecule has 0 spiro atoms. The first-order chi connectivity index (χ1) is 13.6. The summed E-state index contributed by atoms with van der Waals surface area (Å²) in [6.45, 7) is 12.3. The Morgan fingerprint density at radius 1 is 1.28 bits per heavy atom. The zero-order valence-corrected chi connectivity index (χ0v) is 17.5. The van der Waals surface area contributed by atoms with Crippen LogP contribution in [0.5, 0.6) is 0 Å². The number of ketones is 1. The van der Waals surface area contributed by atoms with Crippen LogP contribution < -0.4 is 0 Å². The number of aliphatic hydroxyl groups is 1. The van der Waals surface area contributed by atoms with Crippen LogP contribution >= 0.6 is 0 Å². The number of carbonyl (C=O) groups is 2. The van der Waals surface area contributed by atoms with Gasteiger partial charge in [-0.25, -0.2) is 4.79 Å². The molecule has 0 amide bonds. The van der Waals surface area contributed by atoms with Crippen molar-refractivity contribution < 1.29 is 19.8 Å². The lowest BCUT2D eigenvalue weighted by atomic mass is 9.49. The molecule has 0 unspecified atom stereocenters. The lowest BCUT2D eigenvalue weighted by Crippen LogP contribution is -2.53. The first kappa shape index (κ1) is 20.3. The van der Waals surface area contributed by atoms with E-state index in [1.807, 2.05) is 6.08 Å². The van der Waals surface area contributed by atoms with Gasteiger partial charge in [-0.05, 0) is 86.8 Å². The van der Waals surface area contributed by atoms with Crippen LogP contribution in [0.3, 0.4) is 0 Å². The largest absolute Gasteiger partial charge is 0.478 e. The van der Waals surface area contributed by atoms with Gasteiger partial charge in [0, 0.05) is 17.4 Å². The van der Waals surface area contributed by atoms with Crippen molar-refractivity contribution in [1.82, 2.24) is 0 Å². The van der Waals surface area contributed by atoms with Crippen LogP contribution in [0.1, 0.15) is 58.8 Å². The van der Waals surface area contributed by atoms with E-state index in [4.69, 9.17) is 0 Å². The van der Waals surface area contributed by atoms with Gasteiger partial charge in [0.05, 0.1) is 5.60 Å². The Morgan fingerprint density at radius 3 is 2.69 bits per heavy atom. The number of aliphatic carboxylic acids is 1. The van der Waals surface area contributed by atoms with Gasteiger partial charge in [0.2, 0.25) is 0 Å². The van der Waals surface area contributed by atoms with Gasteiger partial charge in [0.25, 0.3) is 0 Å². The third-order valence-electron chi connectivity index (χ3n) is 8.61. The van der Waals surface area contributed by atoms with E-state index in [1.54, 1.807) is 13.0 Å². The fraction of sp³-hybridized carbons (Fsp3) is 0.600. The molecule has 29 heavy (non-hydrogen) atoms. The van der Waals surface area contributed by atoms with Crippen molar-refractivity contribution in [1.29, 1.82) is 0 Å². The quantitative estimate of drug-likeness (QED) is 0.415. The van der Waals surface area contributed by atoms with E-state index in [0.717, 1.165) is 32.1 Å². The van der Waals surface area contributed by atoms with Crippen LogP contribution in [0.4, 0.5) is 0 Å². The number of hydrogen-bond donors (Lipinski definition) is 2. The molecule has 3 fully saturated rings. The molecule has 156 valence electrons. The highest BCUT2D eigenvalue weighted by Gasteiger charge is 2.63. The molecule has 0 aliphatic heterocycles. The van der Waals surface area contributed by atoms with E-state index >= 15 is 0 Å². The van der Waals surface area contributed by atoms with Crippen LogP contribution in [0.25, 0.3) is 0 Å². The minimum Gasteiger partial charge on any atom is -0.478 e. The predicted molar refractivity (Wildman–Crippen MR) is 112 cm³/mol. The Labute approximate surface area is 173 Å². The second-order valence-electron chi connectivity index (χ2n) is 9.97. The molecular weight excluding hydrogens is 364 g/mol. The fourth-order valence-corrected chi connectivity index (χ4v) is 7.19. The van der Waals surface area contributed by atoms with E-state index in [0.29, 0.717) is 42.1 Å². The first-order valence-electron chi connectivity index (χ1n) is 10.8. The standard InChI is InChI=1S/C25H32O4/c1-14(23(27)28)11-16(3)25(29)10-9-21-20-7-5-17-12-18(26)6-8-19(17)22(20)15(2)13-24(21,25)4/h11-12,19-22,29H,2-3,5-10,13H2,1,4H3,(H,27,28)/b14-11-/t19-,20-,21-,22+,24-,25+/m0/s1. The molecule has 0 radical (unpaired) electrons. The number of allylic oxidation sites excluding steroid dienone is 2. The molecule has 4 heteroatoms. The van der Waals surface area contributed by atoms with Gasteiger partial charge in [-0.2, -0.15) is 0 Å². The number of carboxylic acid groups (broad SMARTS) is 1. The van der Waals surface area contributed by atoms with Crippen LogP contribution in [0, 0.1) is 29.1 Å². The fourth-order valence-electron chi connectivity index (χ4n) is 7.19. The SMILES string of the molecule is C=C1C[C@@]2(C)[C@@H](CC[C@@]2(O)C(=C)/C=C(/C)C(=O)O)[C@@H]2CCC3=CC(=O)CC[C@@H]3[C@@H]12. The molecule has 0 bridgehead atoms. The average Bonchev–Trinajstić information content (AvgIpc) is 2.93. The minimum absolute atomic E-state index is 0.197. The highest BCUT2D eigenvalue weighted by atomic mass is 16.4. The topological polar surface area (TPSA) is 74.6 Å². The summed E-state index contributed by atoms with van der Waals surface area (Å²) in [5, 5.41) is 21.0. The number of fused-ring (bicyclic) bond motifs is 5. The van der Waals surface area contributed by atoms with Crippen molar-refractivity contribution in [3.8, 4) is 0 Å². The van der Waals surface area contributed by atoms with Crippen LogP contribution in [-0.2, 0) is 9.59 Å². The van der Waals surface area contributed by atoms with Gasteiger partial charge in [0.15, 0.2) is 5.78 Å². The highest BCUT2D eigenvalue weighted by molar-refractivity contribution is 5.91. The minimum atomic E-state index is -1.11. The second kappa shape index (κ2) is 6.80. The predicted octanol–water partition coefficient (Wildman–Crippen LogP) is 4.61. The zero-order chi connectivity index (χ0) is 21.1. The van der Waals surface area contributed by atoms with Crippen LogP contribution in [-0.4, -0.2) is 27.6 Å². The van der Waals surface area contributed by atoms with Crippen molar-refractivity contribution in [2.45, 2.75) is 64.4 Å². The molecular formula is C25H32O4. The maximum Gasteiger partial charge on any atom is 0.331 e. The summed E-state index contributed by atoms with van der Waals surface area (Å²) in [5.74, 6) is 0.914. The monoisotopic (exact) mass is 396 g/mol. The van der Waals surface area contributed by atoms with Crippen LogP contribution in [0.2, 0.25) is 0 Å². The smallest absolute Gasteiger partial charge is 0.331 e. The summed E-state index contributed by atoms with van der Waals surface area (Å²) >= 11 is 0. The molecule has 0 aromatic rings. The Bertz CT molecular complexity index is 862. The Kier molecular flexibility index (Phi) is 4.77. The summed E-state index contributed by atoms with van der Waals surface area (Å²) in [6.07, 6.45) is 9.24. The summed E-state index contributed by atoms with van der Waals surface area (Å²) in [7, 11) is 0. The lowest BCUT2D eigenvalue weighted by Gasteiger charge is -2.56. The average molecular weight is 397 g/mol. The van der Waals surface area contributed by atoms with Crippen molar-refractivity contribution in [3.05, 3.63) is 47.6 Å². The van der Waals surface area contributed by atoms with E-state index < -0.39 is 11.6 Å². The van der Waals surface area contributed by atoms with Gasteiger partial charge in [-0.15, -0.1) is 0 Å². The Morgan fingerprint density at radius 2 is 2.00 bits per heavy atom.